The molecule has 5 rings (SSSR count). The molecule has 3 aromatic carbocycles. The van der Waals surface area contributed by atoms with Gasteiger partial charge in [-0.2, -0.15) is 0 Å². The Balaban J connectivity index is 1.64. The van der Waals surface area contributed by atoms with Crippen molar-refractivity contribution in [3.63, 3.8) is 0 Å². The van der Waals surface area contributed by atoms with Crippen molar-refractivity contribution in [3.05, 3.63) is 119 Å². The first-order chi connectivity index (χ1) is 20.2. The number of amides is 1. The van der Waals surface area contributed by atoms with Crippen molar-refractivity contribution in [2.24, 2.45) is 0 Å². The Morgan fingerprint density at radius 3 is 2.33 bits per heavy atom. The molecule has 1 amide bonds. The molecule has 42 heavy (non-hydrogen) atoms. The maximum absolute atomic E-state index is 14.6. The minimum absolute atomic E-state index is 0.184. The number of hydrogen-bond acceptors (Lipinski definition) is 6. The van der Waals surface area contributed by atoms with Gasteiger partial charge in [0.2, 0.25) is 0 Å². The van der Waals surface area contributed by atoms with Crippen LogP contribution in [0, 0.1) is 0 Å². The quantitative estimate of drug-likeness (QED) is 0.233. The van der Waals surface area contributed by atoms with Crippen LogP contribution >= 0.6 is 0 Å². The second-order valence-electron chi connectivity index (χ2n) is 11.6. The summed E-state index contributed by atoms with van der Waals surface area (Å²) < 4.78 is 17.4. The minimum Gasteiger partial charge on any atom is -0.496 e. The van der Waals surface area contributed by atoms with Gasteiger partial charge in [0.05, 0.1) is 19.9 Å². The summed E-state index contributed by atoms with van der Waals surface area (Å²) in [5.41, 5.74) is 3.09. The van der Waals surface area contributed by atoms with Crippen LogP contribution in [0.1, 0.15) is 53.4 Å². The van der Waals surface area contributed by atoms with Gasteiger partial charge in [0.15, 0.2) is 5.54 Å². The average molecular weight is 565 g/mol. The largest absolute Gasteiger partial charge is 0.496 e. The summed E-state index contributed by atoms with van der Waals surface area (Å²) in [4.78, 5) is 34.2. The molecule has 0 fully saturated rings. The lowest BCUT2D eigenvalue weighted by molar-refractivity contribution is -0.146. The van der Waals surface area contributed by atoms with Crippen molar-refractivity contribution in [1.29, 1.82) is 0 Å². The van der Waals surface area contributed by atoms with E-state index in [1.54, 1.807) is 36.5 Å². The standard InChI is InChI=1S/C35H36N2O5/c1-34(2,3)28-17-16-26(19-31(28)40-4)32(38)37-29-14-9-15-30(42-23-25-13-10-18-36-22-25)27(29)21-35(37,33(39)41-5)20-24-11-7-6-8-12-24/h6-19,22H,20-21,23H2,1-5H3. The maximum Gasteiger partial charge on any atom is 0.332 e. The number of carbonyl (C=O) groups excluding carboxylic acids is 2. The van der Waals surface area contributed by atoms with Gasteiger partial charge in [-0.1, -0.05) is 69.3 Å². The molecule has 0 bridgehead atoms. The molecule has 1 atom stereocenters. The highest BCUT2D eigenvalue weighted by Gasteiger charge is 2.54. The number of benzene rings is 3. The molecule has 216 valence electrons. The average Bonchev–Trinajstić information content (AvgIpc) is 3.34. The highest BCUT2D eigenvalue weighted by molar-refractivity contribution is 6.13. The van der Waals surface area contributed by atoms with Gasteiger partial charge in [0.1, 0.15) is 18.1 Å². The van der Waals surface area contributed by atoms with Gasteiger partial charge in [-0.25, -0.2) is 4.79 Å². The van der Waals surface area contributed by atoms with Crippen molar-refractivity contribution in [1.82, 2.24) is 4.98 Å². The van der Waals surface area contributed by atoms with Crippen LogP contribution in [-0.2, 0) is 34.4 Å². The number of anilines is 1. The molecule has 0 saturated heterocycles. The molecule has 7 nitrogen and oxygen atoms in total. The SMILES string of the molecule is COC(=O)C1(Cc2ccccc2)Cc2c(OCc3cccnc3)cccc2N1C(=O)c1ccc(C(C)(C)C)c(OC)c1. The van der Waals surface area contributed by atoms with Crippen LogP contribution in [0.2, 0.25) is 0 Å². The third kappa shape index (κ3) is 5.47. The molecular weight excluding hydrogens is 528 g/mol. The summed E-state index contributed by atoms with van der Waals surface area (Å²) in [5, 5.41) is 0. The maximum atomic E-state index is 14.6. The normalized spacial score (nSPS) is 16.1. The number of carbonyl (C=O) groups is 2. The van der Waals surface area contributed by atoms with Crippen LogP contribution in [0.4, 0.5) is 5.69 Å². The molecule has 1 unspecified atom stereocenters. The minimum atomic E-state index is -1.33. The van der Waals surface area contributed by atoms with Crippen molar-refractivity contribution in [2.45, 2.75) is 51.2 Å². The Hall–Kier alpha value is -4.65. The lowest BCUT2D eigenvalue weighted by Gasteiger charge is -2.36. The van der Waals surface area contributed by atoms with E-state index >= 15 is 0 Å². The second-order valence-corrected chi connectivity index (χ2v) is 11.6. The number of methoxy groups -OCH3 is 2. The summed E-state index contributed by atoms with van der Waals surface area (Å²) in [6.45, 7) is 6.59. The van der Waals surface area contributed by atoms with Gasteiger partial charge >= 0.3 is 5.97 Å². The van der Waals surface area contributed by atoms with Crippen LogP contribution < -0.4 is 14.4 Å². The first kappa shape index (κ1) is 28.9. The summed E-state index contributed by atoms with van der Waals surface area (Å²) in [5.74, 6) is 0.410. The molecule has 7 heteroatoms. The van der Waals surface area contributed by atoms with Crippen molar-refractivity contribution >= 4 is 17.6 Å². The lowest BCUT2D eigenvalue weighted by atomic mass is 9.85. The highest BCUT2D eigenvalue weighted by Crippen LogP contribution is 2.47. The number of rotatable bonds is 8. The van der Waals surface area contributed by atoms with Crippen LogP contribution in [0.25, 0.3) is 0 Å². The number of pyridine rings is 1. The van der Waals surface area contributed by atoms with Crippen molar-refractivity contribution in [3.8, 4) is 11.5 Å². The van der Waals surface area contributed by atoms with Gasteiger partial charge in [-0.15, -0.1) is 0 Å². The Bertz CT molecular complexity index is 1580. The lowest BCUT2D eigenvalue weighted by Crippen LogP contribution is -2.58. The van der Waals surface area contributed by atoms with Crippen molar-refractivity contribution in [2.75, 3.05) is 19.1 Å². The van der Waals surface area contributed by atoms with Gasteiger partial charge in [-0.3, -0.25) is 14.7 Å². The molecular formula is C35H36N2O5. The van der Waals surface area contributed by atoms with E-state index < -0.39 is 11.5 Å². The fraction of sp³-hybridized carbons (Fsp3) is 0.286. The summed E-state index contributed by atoms with van der Waals surface area (Å²) in [7, 11) is 2.96. The number of fused-ring (bicyclic) bond motifs is 1. The van der Waals surface area contributed by atoms with Gasteiger partial charge in [0, 0.05) is 41.9 Å². The zero-order valence-corrected chi connectivity index (χ0v) is 24.7. The Morgan fingerprint density at radius 1 is 0.905 bits per heavy atom. The van der Waals surface area contributed by atoms with Gasteiger partial charge in [-0.05, 0) is 46.9 Å². The highest BCUT2D eigenvalue weighted by atomic mass is 16.5. The zero-order valence-electron chi connectivity index (χ0n) is 24.7. The number of hydrogen-bond donors (Lipinski definition) is 0. The Kier molecular flexibility index (Phi) is 8.03. The monoisotopic (exact) mass is 564 g/mol. The first-order valence-electron chi connectivity index (χ1n) is 14.0. The predicted molar refractivity (Wildman–Crippen MR) is 162 cm³/mol. The van der Waals surface area contributed by atoms with Crippen LogP contribution in [0.3, 0.4) is 0 Å². The fourth-order valence-electron chi connectivity index (χ4n) is 5.70. The van der Waals surface area contributed by atoms with Gasteiger partial charge < -0.3 is 14.2 Å². The molecule has 2 heterocycles. The van der Waals surface area contributed by atoms with Crippen LogP contribution in [-0.4, -0.2) is 36.6 Å². The van der Waals surface area contributed by atoms with E-state index in [-0.39, 0.29) is 24.2 Å². The topological polar surface area (TPSA) is 78.0 Å². The molecule has 0 saturated carbocycles. The third-order valence-corrected chi connectivity index (χ3v) is 7.73. The molecule has 1 aliphatic heterocycles. The summed E-state index contributed by atoms with van der Waals surface area (Å²) >= 11 is 0. The number of esters is 1. The Morgan fingerprint density at radius 2 is 1.67 bits per heavy atom. The number of nitrogens with zero attached hydrogens (tertiary/aromatic N) is 2. The van der Waals surface area contributed by atoms with E-state index in [4.69, 9.17) is 14.2 Å². The van der Waals surface area contributed by atoms with Crippen LogP contribution in [0.15, 0.2) is 91.3 Å². The fourth-order valence-corrected chi connectivity index (χ4v) is 5.70. The molecule has 4 aromatic rings. The number of aromatic nitrogens is 1. The third-order valence-electron chi connectivity index (χ3n) is 7.73. The molecule has 0 aliphatic carbocycles. The first-order valence-corrected chi connectivity index (χ1v) is 14.0. The van der Waals surface area contributed by atoms with E-state index in [1.165, 1.54) is 7.11 Å². The van der Waals surface area contributed by atoms with E-state index in [2.05, 4.69) is 25.8 Å². The zero-order chi connectivity index (χ0) is 29.9. The molecule has 0 radical (unpaired) electrons. The van der Waals surface area contributed by atoms with E-state index in [1.807, 2.05) is 66.7 Å². The second kappa shape index (κ2) is 11.7. The predicted octanol–water partition coefficient (Wildman–Crippen LogP) is 6.32. The van der Waals surface area contributed by atoms with Crippen molar-refractivity contribution < 1.29 is 23.8 Å². The van der Waals surface area contributed by atoms with E-state index in [0.717, 1.165) is 22.3 Å². The smallest absolute Gasteiger partial charge is 0.332 e. The van der Waals surface area contributed by atoms with E-state index in [0.29, 0.717) is 29.4 Å². The Labute approximate surface area is 247 Å². The number of ether oxygens (including phenoxy) is 3. The van der Waals surface area contributed by atoms with Gasteiger partial charge in [0.25, 0.3) is 5.91 Å². The summed E-state index contributed by atoms with van der Waals surface area (Å²) in [6.07, 6.45) is 3.96. The molecule has 1 aromatic heterocycles. The van der Waals surface area contributed by atoms with Crippen LogP contribution in [0.5, 0.6) is 11.5 Å². The molecule has 1 aliphatic rings. The molecule has 0 spiro atoms. The van der Waals surface area contributed by atoms with E-state index in [9.17, 15) is 9.59 Å². The molecule has 0 N–H and O–H groups in total. The summed E-state index contributed by atoms with van der Waals surface area (Å²) in [6, 6.07) is 24.5.